The van der Waals surface area contributed by atoms with E-state index in [0.29, 0.717) is 0 Å². The first-order chi connectivity index (χ1) is 6.43. The summed E-state index contributed by atoms with van der Waals surface area (Å²) in [6, 6.07) is 9.70. The van der Waals surface area contributed by atoms with Crippen molar-refractivity contribution < 1.29 is 4.65 Å². The zero-order chi connectivity index (χ0) is 9.36. The number of rotatable bonds is 6. The van der Waals surface area contributed by atoms with Gasteiger partial charge < -0.3 is 10.1 Å². The average molecular weight is 174 g/mol. The largest absolute Gasteiger partial charge is 0.563 e. The average Bonchev–Trinajstić information content (AvgIpc) is 2.19. The third-order valence-corrected chi connectivity index (χ3v) is 1.63. The molecule has 0 spiro atoms. The molecular formula is C10H13BNO. The molecule has 0 saturated heterocycles. The van der Waals surface area contributed by atoms with Crippen LogP contribution in [0.2, 0.25) is 6.32 Å². The Morgan fingerprint density at radius 2 is 2.08 bits per heavy atom. The SMILES string of the molecule is N=CCCC[B]Oc1ccccc1. The van der Waals surface area contributed by atoms with Gasteiger partial charge in [0.05, 0.1) is 5.75 Å². The van der Waals surface area contributed by atoms with Crippen LogP contribution in [0, 0.1) is 5.41 Å². The Hall–Kier alpha value is -1.25. The first-order valence-corrected chi connectivity index (χ1v) is 4.46. The Bertz CT molecular complexity index is 238. The minimum Gasteiger partial charge on any atom is -0.563 e. The molecule has 1 rings (SSSR count). The van der Waals surface area contributed by atoms with Crippen molar-refractivity contribution in [3.8, 4) is 5.75 Å². The van der Waals surface area contributed by atoms with Gasteiger partial charge in [-0.2, -0.15) is 0 Å². The van der Waals surface area contributed by atoms with Crippen LogP contribution < -0.4 is 4.65 Å². The van der Waals surface area contributed by atoms with Gasteiger partial charge in [0, 0.05) is 0 Å². The van der Waals surface area contributed by atoms with E-state index in [1.807, 2.05) is 30.3 Å². The van der Waals surface area contributed by atoms with Gasteiger partial charge in [-0.05, 0) is 31.1 Å². The van der Waals surface area contributed by atoms with Crippen molar-refractivity contribution in [1.82, 2.24) is 0 Å². The van der Waals surface area contributed by atoms with E-state index in [4.69, 9.17) is 10.1 Å². The smallest absolute Gasteiger partial charge is 0.369 e. The number of hydrogen-bond acceptors (Lipinski definition) is 2. The molecule has 1 radical (unpaired) electrons. The maximum Gasteiger partial charge on any atom is 0.369 e. The predicted molar refractivity (Wildman–Crippen MR) is 55.6 cm³/mol. The molecule has 0 aliphatic rings. The number of para-hydroxylation sites is 1. The number of unbranched alkanes of at least 4 members (excludes halogenated alkanes) is 1. The van der Waals surface area contributed by atoms with Crippen LogP contribution in [0.25, 0.3) is 0 Å². The van der Waals surface area contributed by atoms with Crippen LogP contribution >= 0.6 is 0 Å². The van der Waals surface area contributed by atoms with Gasteiger partial charge in [-0.3, -0.25) is 0 Å². The fraction of sp³-hybridized carbons (Fsp3) is 0.300. The van der Waals surface area contributed by atoms with Crippen LogP contribution in [0.15, 0.2) is 30.3 Å². The second kappa shape index (κ2) is 6.29. The monoisotopic (exact) mass is 174 g/mol. The fourth-order valence-electron chi connectivity index (χ4n) is 0.957. The molecule has 67 valence electrons. The Kier molecular flexibility index (Phi) is 4.76. The number of hydrogen-bond donors (Lipinski definition) is 1. The van der Waals surface area contributed by atoms with E-state index in [9.17, 15) is 0 Å². The van der Waals surface area contributed by atoms with E-state index in [1.165, 1.54) is 6.21 Å². The molecule has 0 aromatic heterocycles. The van der Waals surface area contributed by atoms with E-state index in [0.717, 1.165) is 24.9 Å². The summed E-state index contributed by atoms with van der Waals surface area (Å²) < 4.78 is 5.35. The summed E-state index contributed by atoms with van der Waals surface area (Å²) in [7, 11) is 1.79. The molecule has 1 aromatic carbocycles. The lowest BCUT2D eigenvalue weighted by molar-refractivity contribution is 0.589. The molecule has 0 bridgehead atoms. The van der Waals surface area contributed by atoms with Gasteiger partial charge in [0.15, 0.2) is 0 Å². The molecule has 0 fully saturated rings. The van der Waals surface area contributed by atoms with Crippen molar-refractivity contribution in [2.75, 3.05) is 0 Å². The lowest BCUT2D eigenvalue weighted by Crippen LogP contribution is -2.00. The number of nitrogens with one attached hydrogen (secondary N) is 1. The first kappa shape index (κ1) is 9.84. The van der Waals surface area contributed by atoms with Crippen molar-refractivity contribution in [2.24, 2.45) is 0 Å². The van der Waals surface area contributed by atoms with Gasteiger partial charge in [-0.15, -0.1) is 0 Å². The maximum absolute atomic E-state index is 6.82. The van der Waals surface area contributed by atoms with Gasteiger partial charge in [0.25, 0.3) is 0 Å². The molecule has 3 heteroatoms. The van der Waals surface area contributed by atoms with Gasteiger partial charge in [0.2, 0.25) is 0 Å². The summed E-state index contributed by atoms with van der Waals surface area (Å²) in [6.07, 6.45) is 4.13. The van der Waals surface area contributed by atoms with Crippen LogP contribution in [0.1, 0.15) is 12.8 Å². The van der Waals surface area contributed by atoms with Crippen molar-refractivity contribution in [2.45, 2.75) is 19.2 Å². The lowest BCUT2D eigenvalue weighted by atomic mass is 9.92. The van der Waals surface area contributed by atoms with Crippen molar-refractivity contribution >= 4 is 13.7 Å². The lowest BCUT2D eigenvalue weighted by Gasteiger charge is -2.02. The third-order valence-electron chi connectivity index (χ3n) is 1.63. The second-order valence-corrected chi connectivity index (χ2v) is 2.73. The summed E-state index contributed by atoms with van der Waals surface area (Å²) in [5.41, 5.74) is 0. The Labute approximate surface area is 79.7 Å². The van der Waals surface area contributed by atoms with Crippen LogP contribution in [0.4, 0.5) is 0 Å². The Morgan fingerprint density at radius 1 is 1.31 bits per heavy atom. The van der Waals surface area contributed by atoms with Crippen molar-refractivity contribution in [3.05, 3.63) is 30.3 Å². The van der Waals surface area contributed by atoms with Crippen molar-refractivity contribution in [1.29, 1.82) is 5.41 Å². The van der Waals surface area contributed by atoms with Gasteiger partial charge in [0.1, 0.15) is 0 Å². The molecule has 13 heavy (non-hydrogen) atoms. The van der Waals surface area contributed by atoms with Gasteiger partial charge in [-0.1, -0.05) is 24.6 Å². The second-order valence-electron chi connectivity index (χ2n) is 2.73. The molecular weight excluding hydrogens is 161 g/mol. The normalized spacial score (nSPS) is 9.23. The van der Waals surface area contributed by atoms with E-state index in [1.54, 1.807) is 7.48 Å². The quantitative estimate of drug-likeness (QED) is 0.401. The molecule has 1 N–H and O–H groups in total. The van der Waals surface area contributed by atoms with E-state index in [2.05, 4.69) is 0 Å². The molecule has 0 aliphatic heterocycles. The zero-order valence-corrected chi connectivity index (χ0v) is 7.57. The topological polar surface area (TPSA) is 33.1 Å². The highest BCUT2D eigenvalue weighted by Crippen LogP contribution is 2.08. The van der Waals surface area contributed by atoms with E-state index < -0.39 is 0 Å². The number of benzene rings is 1. The minimum atomic E-state index is 0.828. The van der Waals surface area contributed by atoms with Crippen LogP contribution in [0.5, 0.6) is 5.75 Å². The highest BCUT2D eigenvalue weighted by molar-refractivity contribution is 6.28. The standard InChI is InChI=1S/C10H13BNO/c12-9-5-4-8-11-13-10-6-2-1-3-7-10/h1-3,6-7,9,12H,4-5,8H2. The first-order valence-electron chi connectivity index (χ1n) is 4.46. The fourth-order valence-corrected chi connectivity index (χ4v) is 0.957. The Balaban J connectivity index is 2.10. The third kappa shape index (κ3) is 4.36. The van der Waals surface area contributed by atoms with Gasteiger partial charge >= 0.3 is 7.48 Å². The Morgan fingerprint density at radius 3 is 2.77 bits per heavy atom. The summed E-state index contributed by atoms with van der Waals surface area (Å²) in [4.78, 5) is 0. The summed E-state index contributed by atoms with van der Waals surface area (Å²) in [6.45, 7) is 0. The molecule has 0 aliphatic carbocycles. The van der Waals surface area contributed by atoms with E-state index >= 15 is 0 Å². The highest BCUT2D eigenvalue weighted by Gasteiger charge is 1.94. The van der Waals surface area contributed by atoms with Crippen LogP contribution in [-0.2, 0) is 0 Å². The van der Waals surface area contributed by atoms with Crippen molar-refractivity contribution in [3.63, 3.8) is 0 Å². The zero-order valence-electron chi connectivity index (χ0n) is 7.57. The van der Waals surface area contributed by atoms with Crippen LogP contribution in [-0.4, -0.2) is 13.7 Å². The molecule has 2 nitrogen and oxygen atoms in total. The molecule has 0 saturated carbocycles. The highest BCUT2D eigenvalue weighted by atomic mass is 16.4. The summed E-state index contributed by atoms with van der Waals surface area (Å²) in [5.74, 6) is 0.873. The maximum atomic E-state index is 6.82. The van der Waals surface area contributed by atoms with Gasteiger partial charge in [-0.25, -0.2) is 0 Å². The molecule has 0 amide bonds. The van der Waals surface area contributed by atoms with E-state index in [-0.39, 0.29) is 0 Å². The molecule has 0 heterocycles. The molecule has 0 unspecified atom stereocenters. The predicted octanol–water partition coefficient (Wildman–Crippen LogP) is 2.53. The molecule has 1 aromatic rings. The van der Waals surface area contributed by atoms with Crippen LogP contribution in [0.3, 0.4) is 0 Å². The minimum absolute atomic E-state index is 0.828. The summed E-state index contributed by atoms with van der Waals surface area (Å²) >= 11 is 0. The summed E-state index contributed by atoms with van der Waals surface area (Å²) in [5, 5.41) is 6.82. The molecule has 0 atom stereocenters.